The second kappa shape index (κ2) is 3.91. The molecule has 1 aromatic rings. The minimum Gasteiger partial charge on any atom is -0.264 e. The van der Waals surface area contributed by atoms with E-state index in [0.29, 0.717) is 5.92 Å². The highest BCUT2D eigenvalue weighted by Gasteiger charge is 1.85. The summed E-state index contributed by atoms with van der Waals surface area (Å²) in [4.78, 5) is 4.01. The molecule has 0 aliphatic heterocycles. The maximum Gasteiger partial charge on any atom is 0.0340 e. The fourth-order valence-corrected chi connectivity index (χ4v) is 0.778. The van der Waals surface area contributed by atoms with Crippen molar-refractivity contribution in [2.45, 2.75) is 13.8 Å². The molecule has 0 saturated carbocycles. The van der Waals surface area contributed by atoms with Crippen molar-refractivity contribution in [3.8, 4) is 0 Å². The molecule has 1 nitrogen and oxygen atoms in total. The largest absolute Gasteiger partial charge is 0.264 e. The standard InChI is InChI=1S/C10H13N/c1-9(2)5-6-10-4-3-7-11-8-10/h3-9H,1-2H3/b6-5+. The first kappa shape index (κ1) is 7.99. The highest BCUT2D eigenvalue weighted by Crippen LogP contribution is 2.02. The zero-order valence-electron chi connectivity index (χ0n) is 6.99. The maximum absolute atomic E-state index is 4.01. The molecule has 0 atom stereocenters. The molecule has 0 fully saturated rings. The predicted molar refractivity (Wildman–Crippen MR) is 48.1 cm³/mol. The molecule has 0 radical (unpaired) electrons. The number of allylic oxidation sites excluding steroid dienone is 1. The van der Waals surface area contributed by atoms with Gasteiger partial charge in [0.2, 0.25) is 0 Å². The lowest BCUT2D eigenvalue weighted by atomic mass is 10.1. The van der Waals surface area contributed by atoms with E-state index in [1.54, 1.807) is 6.20 Å². The van der Waals surface area contributed by atoms with Gasteiger partial charge < -0.3 is 0 Å². The molecule has 1 heteroatoms. The fourth-order valence-electron chi connectivity index (χ4n) is 0.778. The van der Waals surface area contributed by atoms with Gasteiger partial charge >= 0.3 is 0 Å². The summed E-state index contributed by atoms with van der Waals surface area (Å²) in [6, 6.07) is 3.99. The summed E-state index contributed by atoms with van der Waals surface area (Å²) in [5.74, 6) is 0.607. The van der Waals surface area contributed by atoms with Crippen molar-refractivity contribution in [3.63, 3.8) is 0 Å². The van der Waals surface area contributed by atoms with Crippen LogP contribution in [0.3, 0.4) is 0 Å². The molecule has 58 valence electrons. The van der Waals surface area contributed by atoms with Crippen LogP contribution in [-0.2, 0) is 0 Å². The molecule has 11 heavy (non-hydrogen) atoms. The van der Waals surface area contributed by atoms with Crippen LogP contribution in [0.25, 0.3) is 6.08 Å². The molecule has 0 aliphatic rings. The first-order valence-corrected chi connectivity index (χ1v) is 3.87. The van der Waals surface area contributed by atoms with Crippen LogP contribution in [0.2, 0.25) is 0 Å². The topological polar surface area (TPSA) is 12.9 Å². The highest BCUT2D eigenvalue weighted by molar-refractivity contribution is 5.47. The van der Waals surface area contributed by atoms with E-state index in [2.05, 4.69) is 31.0 Å². The number of rotatable bonds is 2. The Kier molecular flexibility index (Phi) is 2.84. The Hall–Kier alpha value is -1.11. The summed E-state index contributed by atoms with van der Waals surface area (Å²) in [5.41, 5.74) is 1.17. The lowest BCUT2D eigenvalue weighted by molar-refractivity contribution is 0.836. The van der Waals surface area contributed by atoms with Gasteiger partial charge in [0.1, 0.15) is 0 Å². The summed E-state index contributed by atoms with van der Waals surface area (Å²) in [7, 11) is 0. The minimum absolute atomic E-state index is 0.607. The van der Waals surface area contributed by atoms with E-state index in [0.717, 1.165) is 0 Å². The summed E-state index contributed by atoms with van der Waals surface area (Å²) >= 11 is 0. The first-order valence-electron chi connectivity index (χ1n) is 3.87. The summed E-state index contributed by atoms with van der Waals surface area (Å²) < 4.78 is 0. The van der Waals surface area contributed by atoms with E-state index in [1.165, 1.54) is 5.56 Å². The van der Waals surface area contributed by atoms with Crippen LogP contribution in [-0.4, -0.2) is 4.98 Å². The van der Waals surface area contributed by atoms with Crippen molar-refractivity contribution in [2.75, 3.05) is 0 Å². The maximum atomic E-state index is 4.01. The lowest BCUT2D eigenvalue weighted by Gasteiger charge is -1.93. The molecule has 0 aliphatic carbocycles. The van der Waals surface area contributed by atoms with Gasteiger partial charge in [0, 0.05) is 12.4 Å². The Bertz CT molecular complexity index is 224. The molecule has 0 amide bonds. The molecule has 0 unspecified atom stereocenters. The third-order valence-electron chi connectivity index (χ3n) is 1.36. The molecular weight excluding hydrogens is 134 g/mol. The molecule has 0 N–H and O–H groups in total. The Labute approximate surface area is 67.8 Å². The van der Waals surface area contributed by atoms with Gasteiger partial charge in [-0.25, -0.2) is 0 Å². The van der Waals surface area contributed by atoms with Crippen LogP contribution < -0.4 is 0 Å². The third-order valence-corrected chi connectivity index (χ3v) is 1.36. The van der Waals surface area contributed by atoms with E-state index < -0.39 is 0 Å². The van der Waals surface area contributed by atoms with E-state index in [9.17, 15) is 0 Å². The third kappa shape index (κ3) is 2.99. The van der Waals surface area contributed by atoms with Crippen molar-refractivity contribution < 1.29 is 0 Å². The predicted octanol–water partition coefficient (Wildman–Crippen LogP) is 2.75. The Morgan fingerprint density at radius 1 is 1.45 bits per heavy atom. The monoisotopic (exact) mass is 147 g/mol. The summed E-state index contributed by atoms with van der Waals surface area (Å²) in [5, 5.41) is 0. The smallest absolute Gasteiger partial charge is 0.0340 e. The van der Waals surface area contributed by atoms with E-state index in [-0.39, 0.29) is 0 Å². The van der Waals surface area contributed by atoms with Crippen LogP contribution in [0, 0.1) is 5.92 Å². The average Bonchev–Trinajstić information content (AvgIpc) is 2.03. The van der Waals surface area contributed by atoms with Crippen molar-refractivity contribution in [3.05, 3.63) is 36.2 Å². The van der Waals surface area contributed by atoms with Gasteiger partial charge in [0.05, 0.1) is 0 Å². The zero-order chi connectivity index (χ0) is 8.10. The summed E-state index contributed by atoms with van der Waals surface area (Å²) in [6.07, 6.45) is 7.90. The van der Waals surface area contributed by atoms with Gasteiger partial charge in [-0.15, -0.1) is 0 Å². The summed E-state index contributed by atoms with van der Waals surface area (Å²) in [6.45, 7) is 4.32. The zero-order valence-corrected chi connectivity index (χ0v) is 6.99. The Balaban J connectivity index is 2.65. The van der Waals surface area contributed by atoms with Crippen molar-refractivity contribution in [1.82, 2.24) is 4.98 Å². The van der Waals surface area contributed by atoms with Gasteiger partial charge in [-0.2, -0.15) is 0 Å². The second-order valence-corrected chi connectivity index (χ2v) is 2.89. The van der Waals surface area contributed by atoms with E-state index in [1.807, 2.05) is 18.3 Å². The van der Waals surface area contributed by atoms with Gasteiger partial charge in [-0.1, -0.05) is 32.1 Å². The molecule has 1 rings (SSSR count). The van der Waals surface area contributed by atoms with Gasteiger partial charge in [0.25, 0.3) is 0 Å². The average molecular weight is 147 g/mol. The molecule has 0 bridgehead atoms. The Morgan fingerprint density at radius 2 is 2.27 bits per heavy atom. The van der Waals surface area contributed by atoms with Crippen LogP contribution in [0.15, 0.2) is 30.6 Å². The lowest BCUT2D eigenvalue weighted by Crippen LogP contribution is -1.78. The normalized spacial score (nSPS) is 11.2. The van der Waals surface area contributed by atoms with Crippen LogP contribution in [0.5, 0.6) is 0 Å². The van der Waals surface area contributed by atoms with Crippen LogP contribution >= 0.6 is 0 Å². The number of hydrogen-bond donors (Lipinski definition) is 0. The molecule has 0 aromatic carbocycles. The van der Waals surface area contributed by atoms with Crippen LogP contribution in [0.1, 0.15) is 19.4 Å². The number of pyridine rings is 1. The SMILES string of the molecule is CC(C)/C=C/c1cccnc1. The van der Waals surface area contributed by atoms with Crippen molar-refractivity contribution >= 4 is 6.08 Å². The van der Waals surface area contributed by atoms with Gasteiger partial charge in [-0.05, 0) is 17.5 Å². The van der Waals surface area contributed by atoms with Gasteiger partial charge in [-0.3, -0.25) is 4.98 Å². The quantitative estimate of drug-likeness (QED) is 0.626. The molecule has 0 spiro atoms. The number of nitrogens with zero attached hydrogens (tertiary/aromatic N) is 1. The number of hydrogen-bond acceptors (Lipinski definition) is 1. The van der Waals surface area contributed by atoms with E-state index in [4.69, 9.17) is 0 Å². The number of aromatic nitrogens is 1. The minimum atomic E-state index is 0.607. The van der Waals surface area contributed by atoms with Crippen molar-refractivity contribution in [1.29, 1.82) is 0 Å². The van der Waals surface area contributed by atoms with Crippen LogP contribution in [0.4, 0.5) is 0 Å². The first-order chi connectivity index (χ1) is 5.29. The molecule has 0 saturated heterocycles. The fraction of sp³-hybridized carbons (Fsp3) is 0.300. The van der Waals surface area contributed by atoms with Crippen molar-refractivity contribution in [2.24, 2.45) is 5.92 Å². The highest BCUT2D eigenvalue weighted by atomic mass is 14.6. The molecular formula is C10H13N. The molecule has 1 heterocycles. The Morgan fingerprint density at radius 3 is 2.82 bits per heavy atom. The molecule has 1 aromatic heterocycles. The second-order valence-electron chi connectivity index (χ2n) is 2.89. The van der Waals surface area contributed by atoms with E-state index >= 15 is 0 Å². The van der Waals surface area contributed by atoms with Gasteiger partial charge in [0.15, 0.2) is 0 Å².